The summed E-state index contributed by atoms with van der Waals surface area (Å²) < 4.78 is 15.9. The predicted molar refractivity (Wildman–Crippen MR) is 108 cm³/mol. The number of benzene rings is 1. The smallest absolute Gasteiger partial charge is 0.319 e. The second-order valence-corrected chi connectivity index (χ2v) is 6.87. The molecule has 7 nitrogen and oxygen atoms in total. The van der Waals surface area contributed by atoms with Gasteiger partial charge in [0.15, 0.2) is 5.94 Å². The van der Waals surface area contributed by atoms with Gasteiger partial charge in [0.1, 0.15) is 23.1 Å². The number of carbonyl (C=O) groups excluding carboxylic acids is 3. The molecule has 2 atom stereocenters. The van der Waals surface area contributed by atoms with E-state index in [9.17, 15) is 14.4 Å². The maximum atomic E-state index is 13.2. The summed E-state index contributed by atoms with van der Waals surface area (Å²) in [5, 5.41) is 3.17. The number of esters is 1. The molecule has 1 aliphatic carbocycles. The first-order chi connectivity index (χ1) is 14.1. The van der Waals surface area contributed by atoms with Gasteiger partial charge in [-0.05, 0) is 49.9 Å². The second kappa shape index (κ2) is 10.5. The minimum atomic E-state index is -1.38. The Morgan fingerprint density at radius 3 is 2.52 bits per heavy atom. The number of nitrogens with one attached hydrogen (secondary N) is 1. The van der Waals surface area contributed by atoms with Crippen molar-refractivity contribution < 1.29 is 28.6 Å². The number of methoxy groups -OCH3 is 2. The van der Waals surface area contributed by atoms with Crippen molar-refractivity contribution in [3.63, 3.8) is 0 Å². The van der Waals surface area contributed by atoms with Crippen LogP contribution in [0.15, 0.2) is 35.6 Å². The van der Waals surface area contributed by atoms with Crippen LogP contribution in [0.25, 0.3) is 0 Å². The van der Waals surface area contributed by atoms with Crippen molar-refractivity contribution in [2.24, 2.45) is 5.41 Å². The third-order valence-corrected chi connectivity index (χ3v) is 5.23. The van der Waals surface area contributed by atoms with Gasteiger partial charge in [0.05, 0.1) is 20.8 Å². The Hall–Kier alpha value is -3.01. The van der Waals surface area contributed by atoms with E-state index in [1.807, 2.05) is 12.9 Å². The van der Waals surface area contributed by atoms with E-state index in [0.29, 0.717) is 37.1 Å². The average Bonchev–Trinajstić information content (AvgIpc) is 3.19. The first-order valence-corrected chi connectivity index (χ1v) is 9.68. The molecule has 0 aliphatic heterocycles. The molecule has 0 amide bonds. The van der Waals surface area contributed by atoms with E-state index >= 15 is 0 Å². The fraction of sp³-hybridized carbons (Fsp3) is 0.500. The molecule has 29 heavy (non-hydrogen) atoms. The second-order valence-electron chi connectivity index (χ2n) is 6.87. The lowest BCUT2D eigenvalue weighted by Crippen LogP contribution is -2.49. The van der Waals surface area contributed by atoms with Crippen LogP contribution in [0.4, 0.5) is 5.69 Å². The topological polar surface area (TPSA) is 90.9 Å². The van der Waals surface area contributed by atoms with Crippen molar-refractivity contribution in [2.75, 3.05) is 26.1 Å². The van der Waals surface area contributed by atoms with Crippen molar-refractivity contribution in [3.05, 3.63) is 35.6 Å². The minimum absolute atomic E-state index is 0.108. The summed E-state index contributed by atoms with van der Waals surface area (Å²) in [7, 11) is 2.89. The molecule has 2 rings (SSSR count). The van der Waals surface area contributed by atoms with E-state index in [2.05, 4.69) is 5.32 Å². The molecule has 0 bridgehead atoms. The van der Waals surface area contributed by atoms with E-state index in [1.54, 1.807) is 37.3 Å². The highest BCUT2D eigenvalue weighted by atomic mass is 16.5. The van der Waals surface area contributed by atoms with Crippen molar-refractivity contribution in [1.82, 2.24) is 0 Å². The molecule has 1 aromatic rings. The lowest BCUT2D eigenvalue weighted by atomic mass is 9.74. The normalized spacial score (nSPS) is 18.9. The molecule has 0 radical (unpaired) electrons. The summed E-state index contributed by atoms with van der Waals surface area (Å²) in [6, 6.07) is 6.03. The monoisotopic (exact) mass is 401 g/mol. The molecule has 1 saturated carbocycles. The number of unbranched alkanes of at least 4 members (excludes halogenated alkanes) is 1. The summed E-state index contributed by atoms with van der Waals surface area (Å²) in [6.45, 7) is 2.23. The van der Waals surface area contributed by atoms with Crippen LogP contribution in [0.5, 0.6) is 5.75 Å². The summed E-state index contributed by atoms with van der Waals surface area (Å²) in [5.74, 6) is 3.68. The van der Waals surface area contributed by atoms with Crippen LogP contribution >= 0.6 is 0 Å². The first-order valence-electron chi connectivity index (χ1n) is 9.68. The zero-order chi connectivity index (χ0) is 21.3. The van der Waals surface area contributed by atoms with Gasteiger partial charge in [0, 0.05) is 11.3 Å². The van der Waals surface area contributed by atoms with Crippen LogP contribution in [0.3, 0.4) is 0 Å². The van der Waals surface area contributed by atoms with Gasteiger partial charge in [-0.1, -0.05) is 13.3 Å². The highest BCUT2D eigenvalue weighted by Gasteiger charge is 2.56. The molecular formula is C22H27NO6. The quantitative estimate of drug-likeness (QED) is 0.279. The van der Waals surface area contributed by atoms with E-state index in [-0.39, 0.29) is 17.9 Å². The fourth-order valence-corrected chi connectivity index (χ4v) is 3.64. The van der Waals surface area contributed by atoms with E-state index in [4.69, 9.17) is 14.2 Å². The van der Waals surface area contributed by atoms with Gasteiger partial charge >= 0.3 is 5.97 Å². The Balaban J connectivity index is 2.50. The predicted octanol–water partition coefficient (Wildman–Crippen LogP) is 3.11. The molecule has 1 aliphatic rings. The molecule has 7 heteroatoms. The van der Waals surface area contributed by atoms with Crippen molar-refractivity contribution in [1.29, 1.82) is 0 Å². The SMILES string of the molecule is CCCCOC(=O)C1(C(Nc2ccc(OC)cc2)C(=C=O)OC)CCCC1=C=O. The fourth-order valence-electron chi connectivity index (χ4n) is 3.64. The van der Waals surface area contributed by atoms with Gasteiger partial charge in [-0.25, -0.2) is 9.59 Å². The van der Waals surface area contributed by atoms with E-state index in [0.717, 1.165) is 6.42 Å². The van der Waals surface area contributed by atoms with Crippen LogP contribution in [0, 0.1) is 5.41 Å². The summed E-state index contributed by atoms with van der Waals surface area (Å²) in [5.41, 5.74) is -0.480. The van der Waals surface area contributed by atoms with Crippen LogP contribution in [0.2, 0.25) is 0 Å². The van der Waals surface area contributed by atoms with E-state index in [1.165, 1.54) is 7.11 Å². The molecule has 0 heterocycles. The van der Waals surface area contributed by atoms with Crippen molar-refractivity contribution in [2.45, 2.75) is 45.1 Å². The van der Waals surface area contributed by atoms with Crippen LogP contribution in [0.1, 0.15) is 39.0 Å². The lowest BCUT2D eigenvalue weighted by molar-refractivity contribution is -0.154. The third kappa shape index (κ3) is 4.70. The number of carbonyl (C=O) groups is 1. The third-order valence-electron chi connectivity index (χ3n) is 5.23. The molecule has 1 aromatic carbocycles. The van der Waals surface area contributed by atoms with Crippen LogP contribution in [-0.2, 0) is 23.9 Å². The summed E-state index contributed by atoms with van der Waals surface area (Å²) in [4.78, 5) is 36.6. The Morgan fingerprint density at radius 1 is 1.24 bits per heavy atom. The number of anilines is 1. The maximum Gasteiger partial charge on any atom is 0.319 e. The molecule has 0 saturated heterocycles. The van der Waals surface area contributed by atoms with Crippen molar-refractivity contribution >= 4 is 23.5 Å². The minimum Gasteiger partial charge on any atom is -0.497 e. The van der Waals surface area contributed by atoms with Crippen LogP contribution in [-0.4, -0.2) is 44.7 Å². The van der Waals surface area contributed by atoms with Gasteiger partial charge in [0.25, 0.3) is 0 Å². The molecule has 1 fully saturated rings. The summed E-state index contributed by atoms with van der Waals surface area (Å²) >= 11 is 0. The molecule has 1 N–H and O–H groups in total. The van der Waals surface area contributed by atoms with Gasteiger partial charge < -0.3 is 19.5 Å². The zero-order valence-corrected chi connectivity index (χ0v) is 17.1. The lowest BCUT2D eigenvalue weighted by Gasteiger charge is -2.36. The molecule has 0 aromatic heterocycles. The van der Waals surface area contributed by atoms with Gasteiger partial charge in [-0.3, -0.25) is 4.79 Å². The highest BCUT2D eigenvalue weighted by Crippen LogP contribution is 2.48. The summed E-state index contributed by atoms with van der Waals surface area (Å²) in [6.07, 6.45) is 2.92. The number of ether oxygens (including phenoxy) is 3. The number of hydrogen-bond acceptors (Lipinski definition) is 7. The van der Waals surface area contributed by atoms with E-state index < -0.39 is 17.4 Å². The highest BCUT2D eigenvalue weighted by molar-refractivity contribution is 5.88. The van der Waals surface area contributed by atoms with Crippen molar-refractivity contribution in [3.8, 4) is 5.75 Å². The standard InChI is InChI=1S/C22H27NO6/c1-4-5-13-29-21(26)22(12-6-7-16(22)14-24)20(19(15-25)28-3)23-17-8-10-18(27-2)11-9-17/h8-11,20,23H,4-7,12-13H2,1-3H3. The largest absolute Gasteiger partial charge is 0.497 e. The Bertz CT molecular complexity index is 805. The Morgan fingerprint density at radius 2 is 1.97 bits per heavy atom. The number of hydrogen-bond donors (Lipinski definition) is 1. The Kier molecular flexibility index (Phi) is 8.08. The Labute approximate surface area is 170 Å². The molecule has 0 spiro atoms. The molecule has 2 unspecified atom stereocenters. The number of rotatable bonds is 10. The van der Waals surface area contributed by atoms with Crippen LogP contribution < -0.4 is 10.1 Å². The van der Waals surface area contributed by atoms with Gasteiger partial charge in [0.2, 0.25) is 5.76 Å². The average molecular weight is 401 g/mol. The zero-order valence-electron chi connectivity index (χ0n) is 17.1. The first kappa shape index (κ1) is 22.3. The molecule has 156 valence electrons. The van der Waals surface area contributed by atoms with Gasteiger partial charge in [-0.2, -0.15) is 0 Å². The van der Waals surface area contributed by atoms with Gasteiger partial charge in [-0.15, -0.1) is 0 Å². The maximum absolute atomic E-state index is 13.2. The molecular weight excluding hydrogens is 374 g/mol.